The number of hydrogen-bond acceptors (Lipinski definition) is 5. The fourth-order valence-electron chi connectivity index (χ4n) is 4.56. The van der Waals surface area contributed by atoms with Crippen LogP contribution in [-0.4, -0.2) is 19.6 Å². The summed E-state index contributed by atoms with van der Waals surface area (Å²) < 4.78 is 5.16. The highest BCUT2D eigenvalue weighted by Crippen LogP contribution is 2.34. The number of fused-ring (bicyclic) bond motifs is 1. The van der Waals surface area contributed by atoms with Gasteiger partial charge in [-0.1, -0.05) is 6.07 Å². The van der Waals surface area contributed by atoms with Gasteiger partial charge in [-0.2, -0.15) is 0 Å². The van der Waals surface area contributed by atoms with Gasteiger partial charge >= 0.3 is 5.69 Å². The first-order chi connectivity index (χ1) is 17.6. The van der Waals surface area contributed by atoms with Crippen LogP contribution in [0, 0.1) is 10.5 Å². The molecule has 1 atom stereocenters. The maximum Gasteiger partial charge on any atom is 0.336 e. The van der Waals surface area contributed by atoms with Crippen molar-refractivity contribution in [3.8, 4) is 5.69 Å². The number of rotatable bonds is 5. The zero-order valence-electron chi connectivity index (χ0n) is 20.5. The fourth-order valence-corrected chi connectivity index (χ4v) is 5.76. The normalized spacial score (nSPS) is 13.1. The van der Waals surface area contributed by atoms with Crippen LogP contribution in [0.4, 0.5) is 17.2 Å². The van der Waals surface area contributed by atoms with Gasteiger partial charge in [0.05, 0.1) is 11.2 Å². The minimum Gasteiger partial charge on any atom is -0.340 e. The molecular formula is C26H25IN5O4P. The Morgan fingerprint density at radius 1 is 1.08 bits per heavy atom. The maximum atomic E-state index is 13.9. The molecule has 0 radical (unpaired) electrons. The van der Waals surface area contributed by atoms with Crippen LogP contribution in [-0.2, 0) is 11.8 Å². The topological polar surface area (TPSA) is 107 Å². The van der Waals surface area contributed by atoms with E-state index >= 15 is 0 Å². The lowest BCUT2D eigenvalue weighted by Crippen LogP contribution is -2.41. The molecule has 2 N–H and O–H groups in total. The molecule has 2 aromatic carbocycles. The van der Waals surface area contributed by atoms with Crippen LogP contribution in [0.1, 0.15) is 31.4 Å². The van der Waals surface area contributed by atoms with Gasteiger partial charge in [0.2, 0.25) is 5.91 Å². The van der Waals surface area contributed by atoms with Crippen molar-refractivity contribution < 1.29 is 4.79 Å². The molecule has 9 nitrogen and oxygen atoms in total. The Kier molecular flexibility index (Phi) is 6.57. The van der Waals surface area contributed by atoms with Crippen molar-refractivity contribution in [2.75, 3.05) is 10.6 Å². The number of hydrogen-bond donors (Lipinski definition) is 2. The lowest BCUT2D eigenvalue weighted by atomic mass is 10.1. The summed E-state index contributed by atoms with van der Waals surface area (Å²) >= 11 is 2.22. The summed E-state index contributed by atoms with van der Waals surface area (Å²) in [6.45, 7) is 3.02. The summed E-state index contributed by atoms with van der Waals surface area (Å²) in [4.78, 5) is 52.8. The Morgan fingerprint density at radius 2 is 1.81 bits per heavy atom. The van der Waals surface area contributed by atoms with Gasteiger partial charge < -0.3 is 10.6 Å². The molecule has 5 rings (SSSR count). The molecule has 1 amide bonds. The van der Waals surface area contributed by atoms with E-state index in [1.807, 2.05) is 18.2 Å². The second kappa shape index (κ2) is 9.57. The third kappa shape index (κ3) is 4.53. The zero-order chi connectivity index (χ0) is 26.6. The van der Waals surface area contributed by atoms with Crippen molar-refractivity contribution in [2.24, 2.45) is 7.05 Å². The van der Waals surface area contributed by atoms with E-state index in [0.717, 1.165) is 21.7 Å². The minimum absolute atomic E-state index is 0.199. The predicted octanol–water partition coefficient (Wildman–Crippen LogP) is 3.30. The quantitative estimate of drug-likeness (QED) is 0.261. The molecule has 1 fully saturated rings. The Bertz CT molecular complexity index is 1790. The zero-order valence-corrected chi connectivity index (χ0v) is 23.8. The number of anilines is 3. The third-order valence-electron chi connectivity index (χ3n) is 6.45. The van der Waals surface area contributed by atoms with Gasteiger partial charge in [0, 0.05) is 40.5 Å². The Labute approximate surface area is 227 Å². The standard InChI is InChI=1S/C26H25IN5O4P/c1-13-22-21(23(30(3)24(13)34)29-19-10-7-15(27)11-20(19)37)25(35)32(17-8-9-17)26(36)31(22)18-6-4-5-16(12-18)28-14(2)33/h4-7,10-12,17,29H,8-9,37H2,1-3H3,(H,28,33). The molecule has 2 heterocycles. The Morgan fingerprint density at radius 3 is 2.46 bits per heavy atom. The van der Waals surface area contributed by atoms with Crippen LogP contribution in [0.2, 0.25) is 0 Å². The Hall–Kier alpha value is -3.24. The molecule has 11 heteroatoms. The summed E-state index contributed by atoms with van der Waals surface area (Å²) in [7, 11) is 4.27. The summed E-state index contributed by atoms with van der Waals surface area (Å²) in [5, 5.41) is 7.14. The highest BCUT2D eigenvalue weighted by molar-refractivity contribution is 14.1. The van der Waals surface area contributed by atoms with Crippen molar-refractivity contribution in [1.29, 1.82) is 0 Å². The average molecular weight is 629 g/mol. The van der Waals surface area contributed by atoms with E-state index in [-0.39, 0.29) is 34.0 Å². The second-order valence-electron chi connectivity index (χ2n) is 9.17. The van der Waals surface area contributed by atoms with Crippen LogP contribution in [0.3, 0.4) is 0 Å². The lowest BCUT2D eigenvalue weighted by Gasteiger charge is -2.21. The maximum absolute atomic E-state index is 13.9. The van der Waals surface area contributed by atoms with E-state index in [9.17, 15) is 19.2 Å². The fraction of sp³-hybridized carbons (Fsp3) is 0.231. The smallest absolute Gasteiger partial charge is 0.336 e. The first kappa shape index (κ1) is 25.4. The minimum atomic E-state index is -0.511. The molecule has 37 heavy (non-hydrogen) atoms. The van der Waals surface area contributed by atoms with Crippen molar-refractivity contribution in [3.63, 3.8) is 0 Å². The number of nitrogens with one attached hydrogen (secondary N) is 2. The molecule has 190 valence electrons. The van der Waals surface area contributed by atoms with Crippen molar-refractivity contribution in [3.05, 3.63) is 82.8 Å². The molecule has 0 spiro atoms. The molecule has 4 aromatic rings. The van der Waals surface area contributed by atoms with Crippen molar-refractivity contribution >= 4 is 71.1 Å². The van der Waals surface area contributed by atoms with Crippen molar-refractivity contribution in [2.45, 2.75) is 32.7 Å². The number of nitrogens with zero attached hydrogens (tertiary/aromatic N) is 3. The molecule has 1 saturated carbocycles. The molecular weight excluding hydrogens is 604 g/mol. The predicted molar refractivity (Wildman–Crippen MR) is 158 cm³/mol. The number of carbonyl (C=O) groups is 1. The first-order valence-electron chi connectivity index (χ1n) is 11.7. The van der Waals surface area contributed by atoms with Gasteiger partial charge in [0.15, 0.2) is 0 Å². The highest BCUT2D eigenvalue weighted by Gasteiger charge is 2.31. The van der Waals surface area contributed by atoms with Gasteiger partial charge in [-0.3, -0.25) is 28.1 Å². The highest BCUT2D eigenvalue weighted by atomic mass is 127. The van der Waals surface area contributed by atoms with Gasteiger partial charge in [0.1, 0.15) is 11.2 Å². The number of benzene rings is 2. The first-order valence-corrected chi connectivity index (χ1v) is 13.3. The van der Waals surface area contributed by atoms with E-state index < -0.39 is 11.2 Å². The molecule has 0 bridgehead atoms. The lowest BCUT2D eigenvalue weighted by molar-refractivity contribution is -0.114. The van der Waals surface area contributed by atoms with Crippen LogP contribution in [0.25, 0.3) is 16.6 Å². The van der Waals surface area contributed by atoms with E-state index in [0.29, 0.717) is 22.9 Å². The van der Waals surface area contributed by atoms with Crippen LogP contribution < -0.4 is 32.7 Å². The van der Waals surface area contributed by atoms with E-state index in [1.165, 1.54) is 20.6 Å². The van der Waals surface area contributed by atoms with Gasteiger partial charge in [-0.05, 0) is 84.1 Å². The van der Waals surface area contributed by atoms with E-state index in [4.69, 9.17) is 0 Å². The summed E-state index contributed by atoms with van der Waals surface area (Å²) in [5.41, 5.74) is 0.901. The van der Waals surface area contributed by atoms with Crippen LogP contribution in [0.15, 0.2) is 56.8 Å². The van der Waals surface area contributed by atoms with Crippen LogP contribution >= 0.6 is 31.8 Å². The number of amides is 1. The molecule has 1 aliphatic carbocycles. The van der Waals surface area contributed by atoms with Crippen LogP contribution in [0.5, 0.6) is 0 Å². The summed E-state index contributed by atoms with van der Waals surface area (Å²) in [6.07, 6.45) is 1.46. The average Bonchev–Trinajstić information content (AvgIpc) is 3.67. The monoisotopic (exact) mass is 629 g/mol. The number of aromatic nitrogens is 3. The SMILES string of the molecule is CC(=O)Nc1cccc(-n2c(=O)n(C3CC3)c(=O)c3c(Nc4ccc(I)cc4P)n(C)c(=O)c(C)c32)c1. The largest absolute Gasteiger partial charge is 0.340 e. The van der Waals surface area contributed by atoms with Gasteiger partial charge in [-0.25, -0.2) is 4.79 Å². The van der Waals surface area contributed by atoms with Gasteiger partial charge in [-0.15, -0.1) is 9.24 Å². The Balaban J connectivity index is 1.90. The molecule has 2 aromatic heterocycles. The summed E-state index contributed by atoms with van der Waals surface area (Å²) in [5.74, 6) is 0.0567. The number of carbonyl (C=O) groups excluding carboxylic acids is 1. The summed E-state index contributed by atoms with van der Waals surface area (Å²) in [6, 6.07) is 12.4. The van der Waals surface area contributed by atoms with Crippen molar-refractivity contribution in [1.82, 2.24) is 13.7 Å². The molecule has 1 aliphatic rings. The van der Waals surface area contributed by atoms with E-state index in [1.54, 1.807) is 38.2 Å². The number of aryl methyl sites for hydroxylation is 1. The molecule has 0 saturated heterocycles. The molecule has 1 unspecified atom stereocenters. The molecule has 0 aliphatic heterocycles. The second-order valence-corrected chi connectivity index (χ2v) is 11.0. The number of pyridine rings is 1. The van der Waals surface area contributed by atoms with E-state index in [2.05, 4.69) is 42.5 Å². The number of halogens is 1. The third-order valence-corrected chi connectivity index (χ3v) is 7.60. The van der Waals surface area contributed by atoms with Gasteiger partial charge in [0.25, 0.3) is 11.1 Å².